The predicted molar refractivity (Wildman–Crippen MR) is 72.2 cm³/mol. The monoisotopic (exact) mass is 249 g/mol. The topological polar surface area (TPSA) is 36.4 Å². The molecule has 0 saturated heterocycles. The molecule has 1 aliphatic carbocycles. The lowest BCUT2D eigenvalue weighted by atomic mass is 10.1. The van der Waals surface area contributed by atoms with Gasteiger partial charge in [-0.3, -0.25) is 4.99 Å². The van der Waals surface area contributed by atoms with Crippen molar-refractivity contribution in [1.82, 2.24) is 10.6 Å². The van der Waals surface area contributed by atoms with Gasteiger partial charge in [-0.25, -0.2) is 4.39 Å². The summed E-state index contributed by atoms with van der Waals surface area (Å²) in [6.45, 7) is 3.65. The van der Waals surface area contributed by atoms with Crippen LogP contribution in [0.4, 0.5) is 4.39 Å². The molecule has 1 aromatic rings. The Kier molecular flexibility index (Phi) is 4.56. The molecule has 98 valence electrons. The van der Waals surface area contributed by atoms with E-state index in [1.165, 1.54) is 25.0 Å². The predicted octanol–water partition coefficient (Wildman–Crippen LogP) is 2.09. The van der Waals surface area contributed by atoms with Crippen LogP contribution < -0.4 is 10.6 Å². The maximum Gasteiger partial charge on any atom is 0.191 e. The number of nitrogens with one attached hydrogen (secondary N) is 2. The molecule has 1 fully saturated rings. The second-order valence-corrected chi connectivity index (χ2v) is 4.56. The van der Waals surface area contributed by atoms with Crippen molar-refractivity contribution in [2.24, 2.45) is 4.99 Å². The maximum absolute atomic E-state index is 12.7. The van der Waals surface area contributed by atoms with Crippen molar-refractivity contribution in [2.75, 3.05) is 13.1 Å². The van der Waals surface area contributed by atoms with Crippen LogP contribution in [-0.2, 0) is 6.42 Å². The van der Waals surface area contributed by atoms with Gasteiger partial charge in [0.1, 0.15) is 5.82 Å². The Morgan fingerprint density at radius 2 is 2.06 bits per heavy atom. The third kappa shape index (κ3) is 4.35. The molecule has 0 atom stereocenters. The Balaban J connectivity index is 1.81. The molecule has 0 heterocycles. The fourth-order valence-corrected chi connectivity index (χ4v) is 1.69. The summed E-state index contributed by atoms with van der Waals surface area (Å²) in [7, 11) is 0. The lowest BCUT2D eigenvalue weighted by Crippen LogP contribution is -2.38. The molecule has 0 bridgehead atoms. The van der Waals surface area contributed by atoms with Crippen LogP contribution in [0.15, 0.2) is 29.3 Å². The smallest absolute Gasteiger partial charge is 0.191 e. The Bertz CT molecular complexity index is 396. The maximum atomic E-state index is 12.7. The number of benzene rings is 1. The average Bonchev–Trinajstić information content (AvgIpc) is 3.16. The van der Waals surface area contributed by atoms with Crippen molar-refractivity contribution in [2.45, 2.75) is 32.2 Å². The zero-order valence-corrected chi connectivity index (χ0v) is 10.7. The van der Waals surface area contributed by atoms with E-state index in [0.717, 1.165) is 24.5 Å². The van der Waals surface area contributed by atoms with Gasteiger partial charge in [-0.05, 0) is 43.9 Å². The van der Waals surface area contributed by atoms with Gasteiger partial charge in [0.05, 0.1) is 0 Å². The van der Waals surface area contributed by atoms with E-state index in [-0.39, 0.29) is 5.82 Å². The van der Waals surface area contributed by atoms with Crippen molar-refractivity contribution < 1.29 is 4.39 Å². The molecule has 0 spiro atoms. The first-order valence-electron chi connectivity index (χ1n) is 6.57. The van der Waals surface area contributed by atoms with E-state index in [1.807, 2.05) is 12.1 Å². The number of aliphatic imine (C=N–C) groups is 1. The molecule has 1 saturated carbocycles. The molecule has 0 radical (unpaired) electrons. The average molecular weight is 249 g/mol. The minimum Gasteiger partial charge on any atom is -0.357 e. The molecule has 3 nitrogen and oxygen atoms in total. The van der Waals surface area contributed by atoms with Gasteiger partial charge >= 0.3 is 0 Å². The summed E-state index contributed by atoms with van der Waals surface area (Å²) < 4.78 is 12.7. The summed E-state index contributed by atoms with van der Waals surface area (Å²) in [6, 6.07) is 7.21. The van der Waals surface area contributed by atoms with Crippen LogP contribution in [0.1, 0.15) is 25.3 Å². The largest absolute Gasteiger partial charge is 0.357 e. The lowest BCUT2D eigenvalue weighted by Gasteiger charge is -2.10. The Labute approximate surface area is 108 Å². The van der Waals surface area contributed by atoms with Crippen molar-refractivity contribution in [3.63, 3.8) is 0 Å². The van der Waals surface area contributed by atoms with Crippen LogP contribution in [0.5, 0.6) is 0 Å². The highest BCUT2D eigenvalue weighted by molar-refractivity contribution is 5.80. The second kappa shape index (κ2) is 6.38. The van der Waals surface area contributed by atoms with Crippen molar-refractivity contribution >= 4 is 5.96 Å². The normalized spacial score (nSPS) is 15.6. The first-order valence-corrected chi connectivity index (χ1v) is 6.57. The van der Waals surface area contributed by atoms with Gasteiger partial charge in [-0.2, -0.15) is 0 Å². The standard InChI is InChI=1S/C14H20FN3/c1-2-16-14(18-13-7-8-13)17-10-9-11-3-5-12(15)6-4-11/h3-6,13H,2,7-10H2,1H3,(H2,16,17,18). The zero-order valence-electron chi connectivity index (χ0n) is 10.7. The van der Waals surface area contributed by atoms with Gasteiger partial charge in [0.15, 0.2) is 5.96 Å². The van der Waals surface area contributed by atoms with Crippen LogP contribution in [0.25, 0.3) is 0 Å². The highest BCUT2D eigenvalue weighted by Gasteiger charge is 2.21. The van der Waals surface area contributed by atoms with E-state index in [1.54, 1.807) is 0 Å². The zero-order chi connectivity index (χ0) is 12.8. The number of nitrogens with zero attached hydrogens (tertiary/aromatic N) is 1. The molecule has 2 N–H and O–H groups in total. The summed E-state index contributed by atoms with van der Waals surface area (Å²) in [5.74, 6) is 0.702. The fourth-order valence-electron chi connectivity index (χ4n) is 1.69. The van der Waals surface area contributed by atoms with E-state index < -0.39 is 0 Å². The van der Waals surface area contributed by atoms with Gasteiger partial charge in [-0.15, -0.1) is 0 Å². The van der Waals surface area contributed by atoms with E-state index in [9.17, 15) is 4.39 Å². The van der Waals surface area contributed by atoms with E-state index >= 15 is 0 Å². The summed E-state index contributed by atoms with van der Waals surface area (Å²) in [6.07, 6.45) is 3.31. The molecule has 2 rings (SSSR count). The number of hydrogen-bond donors (Lipinski definition) is 2. The highest BCUT2D eigenvalue weighted by Crippen LogP contribution is 2.18. The molecular formula is C14H20FN3. The van der Waals surface area contributed by atoms with Crippen LogP contribution in [0.3, 0.4) is 0 Å². The Morgan fingerprint density at radius 3 is 2.67 bits per heavy atom. The fraction of sp³-hybridized carbons (Fsp3) is 0.500. The van der Waals surface area contributed by atoms with Crippen LogP contribution in [0, 0.1) is 5.82 Å². The number of rotatable bonds is 5. The molecule has 0 aliphatic heterocycles. The number of guanidine groups is 1. The molecule has 1 aromatic carbocycles. The van der Waals surface area contributed by atoms with E-state index in [4.69, 9.17) is 0 Å². The van der Waals surface area contributed by atoms with Gasteiger partial charge in [-0.1, -0.05) is 12.1 Å². The third-order valence-corrected chi connectivity index (χ3v) is 2.85. The van der Waals surface area contributed by atoms with Gasteiger partial charge in [0.25, 0.3) is 0 Å². The van der Waals surface area contributed by atoms with Gasteiger partial charge in [0.2, 0.25) is 0 Å². The minimum atomic E-state index is -0.189. The van der Waals surface area contributed by atoms with Crippen LogP contribution in [-0.4, -0.2) is 25.1 Å². The molecule has 0 unspecified atom stereocenters. The Morgan fingerprint density at radius 1 is 1.33 bits per heavy atom. The Hall–Kier alpha value is -1.58. The summed E-state index contributed by atoms with van der Waals surface area (Å²) in [5.41, 5.74) is 1.11. The molecule has 4 heteroatoms. The first-order chi connectivity index (χ1) is 8.78. The van der Waals surface area contributed by atoms with Gasteiger partial charge in [0, 0.05) is 19.1 Å². The summed E-state index contributed by atoms with van der Waals surface area (Å²) in [4.78, 5) is 4.51. The molecule has 0 amide bonds. The molecule has 1 aliphatic rings. The van der Waals surface area contributed by atoms with Gasteiger partial charge < -0.3 is 10.6 Å². The summed E-state index contributed by atoms with van der Waals surface area (Å²) in [5, 5.41) is 6.59. The lowest BCUT2D eigenvalue weighted by molar-refractivity contribution is 0.627. The minimum absolute atomic E-state index is 0.189. The SMILES string of the molecule is CCNC(=NCCc1ccc(F)cc1)NC1CC1. The highest BCUT2D eigenvalue weighted by atomic mass is 19.1. The van der Waals surface area contributed by atoms with Crippen molar-refractivity contribution in [3.8, 4) is 0 Å². The summed E-state index contributed by atoms with van der Waals surface area (Å²) >= 11 is 0. The van der Waals surface area contributed by atoms with Crippen molar-refractivity contribution in [1.29, 1.82) is 0 Å². The quantitative estimate of drug-likeness (QED) is 0.619. The number of halogens is 1. The van der Waals surface area contributed by atoms with E-state index in [0.29, 0.717) is 12.6 Å². The van der Waals surface area contributed by atoms with Crippen molar-refractivity contribution in [3.05, 3.63) is 35.6 Å². The molecule has 18 heavy (non-hydrogen) atoms. The van der Waals surface area contributed by atoms with Crippen LogP contribution >= 0.6 is 0 Å². The third-order valence-electron chi connectivity index (χ3n) is 2.85. The second-order valence-electron chi connectivity index (χ2n) is 4.56. The van der Waals surface area contributed by atoms with E-state index in [2.05, 4.69) is 22.5 Å². The molecule has 0 aromatic heterocycles. The number of hydrogen-bond acceptors (Lipinski definition) is 1. The first kappa shape index (κ1) is 12.9. The molecular weight excluding hydrogens is 229 g/mol. The van der Waals surface area contributed by atoms with Crippen LogP contribution in [0.2, 0.25) is 0 Å².